The van der Waals surface area contributed by atoms with E-state index < -0.39 is 7.05 Å². The van der Waals surface area contributed by atoms with Gasteiger partial charge < -0.3 is 14.6 Å². The minimum Gasteiger partial charge on any atom is -0.487 e. The van der Waals surface area contributed by atoms with Crippen LogP contribution in [-0.2, 0) is 0 Å². The van der Waals surface area contributed by atoms with Gasteiger partial charge in [-0.3, -0.25) is 4.98 Å². The molecule has 0 saturated carbocycles. The van der Waals surface area contributed by atoms with Crippen LogP contribution >= 0.6 is 15.9 Å². The summed E-state index contributed by atoms with van der Waals surface area (Å²) in [5.41, 5.74) is 0. The molecule has 1 N–H and O–H groups in total. The van der Waals surface area contributed by atoms with E-state index in [4.69, 9.17) is 4.74 Å². The van der Waals surface area contributed by atoms with Gasteiger partial charge in [0.1, 0.15) is 11.9 Å². The monoisotopic (exact) mass is 284 g/mol. The summed E-state index contributed by atoms with van der Waals surface area (Å²) in [6, 6.07) is 1.90. The number of halogens is 1. The topological polar surface area (TPSA) is 45.6 Å². The molecule has 0 unspecified atom stereocenters. The Morgan fingerprint density at radius 3 is 3.06 bits per heavy atom. The summed E-state index contributed by atoms with van der Waals surface area (Å²) in [5.74, 6) is 0.770. The first-order valence-electron chi connectivity index (χ1n) is 5.34. The molecule has 1 atom stereocenters. The first-order valence-corrected chi connectivity index (χ1v) is 6.14. The lowest BCUT2D eigenvalue weighted by atomic mass is 9.86. The van der Waals surface area contributed by atoms with Gasteiger partial charge in [-0.05, 0) is 41.8 Å². The molecular formula is C10H14BBrN2O2. The molecule has 0 radical (unpaired) electrons. The molecule has 2 rings (SSSR count). The van der Waals surface area contributed by atoms with E-state index >= 15 is 0 Å². The summed E-state index contributed by atoms with van der Waals surface area (Å²) in [5, 5.41) is 9.43. The van der Waals surface area contributed by atoms with Gasteiger partial charge in [0.15, 0.2) is 0 Å². The van der Waals surface area contributed by atoms with Gasteiger partial charge >= 0.3 is 7.05 Å². The molecule has 4 nitrogen and oxygen atoms in total. The van der Waals surface area contributed by atoms with Crippen LogP contribution in [0.1, 0.15) is 6.42 Å². The van der Waals surface area contributed by atoms with Crippen molar-refractivity contribution in [1.82, 2.24) is 9.79 Å². The second kappa shape index (κ2) is 5.16. The number of nitrogens with zero attached hydrogens (tertiary/aromatic N) is 2. The maximum absolute atomic E-state index is 9.43. The molecule has 0 aliphatic carbocycles. The van der Waals surface area contributed by atoms with Gasteiger partial charge in [-0.1, -0.05) is 0 Å². The maximum atomic E-state index is 9.43. The van der Waals surface area contributed by atoms with Gasteiger partial charge in [-0.2, -0.15) is 0 Å². The van der Waals surface area contributed by atoms with E-state index in [1.165, 1.54) is 0 Å². The third-order valence-electron chi connectivity index (χ3n) is 2.69. The highest BCUT2D eigenvalue weighted by Crippen LogP contribution is 2.20. The predicted octanol–water partition coefficient (Wildman–Crippen LogP) is 1.41. The summed E-state index contributed by atoms with van der Waals surface area (Å²) >= 11 is 3.35. The minimum atomic E-state index is -0.394. The van der Waals surface area contributed by atoms with E-state index in [2.05, 4.69) is 20.9 Å². The average Bonchev–Trinajstić information content (AvgIpc) is 2.66. The fourth-order valence-electron chi connectivity index (χ4n) is 1.84. The Morgan fingerprint density at radius 1 is 1.62 bits per heavy atom. The van der Waals surface area contributed by atoms with Crippen molar-refractivity contribution >= 4 is 23.0 Å². The molecule has 0 amide bonds. The van der Waals surface area contributed by atoms with Crippen LogP contribution < -0.4 is 4.74 Å². The molecule has 1 aliphatic heterocycles. The Hall–Kier alpha value is -0.585. The second-order valence-electron chi connectivity index (χ2n) is 3.99. The van der Waals surface area contributed by atoms with Gasteiger partial charge in [0.25, 0.3) is 0 Å². The lowest BCUT2D eigenvalue weighted by Gasteiger charge is -2.17. The van der Waals surface area contributed by atoms with E-state index in [0.717, 1.165) is 29.7 Å². The van der Waals surface area contributed by atoms with Gasteiger partial charge in [-0.15, -0.1) is 0 Å². The maximum Gasteiger partial charge on any atom is 0.376 e. The van der Waals surface area contributed by atoms with Crippen LogP contribution in [0.5, 0.6) is 5.75 Å². The number of hydrogen-bond acceptors (Lipinski definition) is 4. The summed E-state index contributed by atoms with van der Waals surface area (Å²) < 4.78 is 6.70. The number of hydrogen-bond donors (Lipinski definition) is 1. The normalized spacial score (nSPS) is 21.1. The molecule has 0 bridgehead atoms. The van der Waals surface area contributed by atoms with E-state index in [-0.39, 0.29) is 6.10 Å². The summed E-state index contributed by atoms with van der Waals surface area (Å²) in [6.07, 6.45) is 4.52. The molecule has 0 spiro atoms. The summed E-state index contributed by atoms with van der Waals surface area (Å²) in [4.78, 5) is 6.04. The number of aromatic nitrogens is 1. The van der Waals surface area contributed by atoms with Crippen LogP contribution in [-0.4, -0.2) is 41.1 Å². The molecule has 1 saturated heterocycles. The SMILES string of the molecule is CB(O)N1CC[C@@H](Oc2cncc(Br)c2)C1. The number of pyridine rings is 1. The fourth-order valence-corrected chi connectivity index (χ4v) is 2.18. The third-order valence-corrected chi connectivity index (χ3v) is 3.12. The van der Waals surface area contributed by atoms with Crippen LogP contribution in [0.4, 0.5) is 0 Å². The van der Waals surface area contributed by atoms with Gasteiger partial charge in [0.2, 0.25) is 0 Å². The van der Waals surface area contributed by atoms with Crippen LogP contribution in [0.3, 0.4) is 0 Å². The molecule has 86 valence electrons. The van der Waals surface area contributed by atoms with Crippen molar-refractivity contribution < 1.29 is 9.76 Å². The average molecular weight is 285 g/mol. The van der Waals surface area contributed by atoms with Crippen LogP contribution in [0.2, 0.25) is 6.82 Å². The first-order chi connectivity index (χ1) is 7.65. The largest absolute Gasteiger partial charge is 0.487 e. The van der Waals surface area contributed by atoms with Gasteiger partial charge in [0.05, 0.1) is 6.20 Å². The van der Waals surface area contributed by atoms with E-state index in [1.54, 1.807) is 19.2 Å². The Labute approximate surface area is 104 Å². The third kappa shape index (κ3) is 2.96. The van der Waals surface area contributed by atoms with Crippen LogP contribution in [0.15, 0.2) is 22.9 Å². The predicted molar refractivity (Wildman–Crippen MR) is 66.4 cm³/mol. The molecule has 2 heterocycles. The highest BCUT2D eigenvalue weighted by atomic mass is 79.9. The van der Waals surface area contributed by atoms with Crippen molar-refractivity contribution in [3.8, 4) is 5.75 Å². The molecular weight excluding hydrogens is 271 g/mol. The highest BCUT2D eigenvalue weighted by Gasteiger charge is 2.28. The van der Waals surface area contributed by atoms with E-state index in [1.807, 2.05) is 10.9 Å². The van der Waals surface area contributed by atoms with E-state index in [9.17, 15) is 5.02 Å². The Morgan fingerprint density at radius 2 is 2.44 bits per heavy atom. The van der Waals surface area contributed by atoms with Crippen molar-refractivity contribution in [1.29, 1.82) is 0 Å². The fraction of sp³-hybridized carbons (Fsp3) is 0.500. The van der Waals surface area contributed by atoms with Crippen molar-refractivity contribution in [2.75, 3.05) is 13.1 Å². The quantitative estimate of drug-likeness (QED) is 0.853. The molecule has 1 aromatic heterocycles. The van der Waals surface area contributed by atoms with E-state index in [0.29, 0.717) is 0 Å². The standard InChI is InChI=1S/C10H14BBrN2O2/c1-11(15)14-3-2-9(7-14)16-10-4-8(12)5-13-6-10/h4-6,9,15H,2-3,7H2,1H3/t9-/m1/s1. The molecule has 1 aliphatic rings. The first kappa shape index (κ1) is 11.9. The molecule has 1 aromatic rings. The Balaban J connectivity index is 1.92. The van der Waals surface area contributed by atoms with Crippen molar-refractivity contribution in [2.24, 2.45) is 0 Å². The smallest absolute Gasteiger partial charge is 0.376 e. The van der Waals surface area contributed by atoms with Crippen molar-refractivity contribution in [3.63, 3.8) is 0 Å². The molecule has 6 heteroatoms. The zero-order valence-electron chi connectivity index (χ0n) is 9.14. The lowest BCUT2D eigenvalue weighted by Crippen LogP contribution is -2.36. The minimum absolute atomic E-state index is 0.144. The zero-order valence-corrected chi connectivity index (χ0v) is 10.7. The van der Waals surface area contributed by atoms with Crippen LogP contribution in [0, 0.1) is 0 Å². The molecule has 0 aromatic carbocycles. The zero-order chi connectivity index (χ0) is 11.5. The highest BCUT2D eigenvalue weighted by molar-refractivity contribution is 9.10. The van der Waals surface area contributed by atoms with Gasteiger partial charge in [0, 0.05) is 17.2 Å². The lowest BCUT2D eigenvalue weighted by molar-refractivity contribution is 0.212. The molecule has 1 fully saturated rings. The van der Waals surface area contributed by atoms with Crippen molar-refractivity contribution in [2.45, 2.75) is 19.3 Å². The number of ether oxygens (including phenoxy) is 1. The second-order valence-corrected chi connectivity index (χ2v) is 4.91. The summed E-state index contributed by atoms with van der Waals surface area (Å²) in [6.45, 7) is 3.43. The van der Waals surface area contributed by atoms with Crippen LogP contribution in [0.25, 0.3) is 0 Å². The molecule has 16 heavy (non-hydrogen) atoms. The number of rotatable bonds is 3. The van der Waals surface area contributed by atoms with Gasteiger partial charge in [-0.25, -0.2) is 0 Å². The van der Waals surface area contributed by atoms with Crippen molar-refractivity contribution in [3.05, 3.63) is 22.9 Å². The summed E-state index contributed by atoms with van der Waals surface area (Å²) in [7, 11) is -0.394. The Bertz CT molecular complexity index is 364. The Kier molecular flexibility index (Phi) is 3.84.